The van der Waals surface area contributed by atoms with Gasteiger partial charge in [0.25, 0.3) is 0 Å². The first kappa shape index (κ1) is 12.5. The number of hydrogen-bond donors (Lipinski definition) is 3. The number of thiophene rings is 1. The Morgan fingerprint density at radius 1 is 1.62 bits per heavy atom. The lowest BCUT2D eigenvalue weighted by Gasteiger charge is -2.03. The molecular weight excluding hydrogens is 226 g/mol. The SMILES string of the molecule is NC(CCCNC(=O)Cc1cccs1)=NO. The first-order valence-corrected chi connectivity index (χ1v) is 5.86. The number of nitrogens with one attached hydrogen (secondary N) is 1. The molecule has 4 N–H and O–H groups in total. The smallest absolute Gasteiger partial charge is 0.225 e. The molecule has 0 aromatic carbocycles. The number of nitrogens with zero attached hydrogens (tertiary/aromatic N) is 1. The van der Waals surface area contributed by atoms with Gasteiger partial charge in [0.15, 0.2) is 0 Å². The summed E-state index contributed by atoms with van der Waals surface area (Å²) in [5.74, 6) is 0.189. The van der Waals surface area contributed by atoms with Crippen LogP contribution in [0.1, 0.15) is 17.7 Å². The van der Waals surface area contributed by atoms with Gasteiger partial charge in [0, 0.05) is 17.8 Å². The third-order valence-corrected chi connectivity index (χ3v) is 2.85. The van der Waals surface area contributed by atoms with Crippen molar-refractivity contribution >= 4 is 23.1 Å². The molecule has 88 valence electrons. The fourth-order valence-corrected chi connectivity index (χ4v) is 1.88. The molecular formula is C10H15N3O2S. The Bertz CT molecular complexity index is 349. The molecule has 0 aliphatic heterocycles. The van der Waals surface area contributed by atoms with Crippen LogP contribution in [0.3, 0.4) is 0 Å². The van der Waals surface area contributed by atoms with Gasteiger partial charge in [-0.15, -0.1) is 11.3 Å². The van der Waals surface area contributed by atoms with Crippen LogP contribution in [-0.2, 0) is 11.2 Å². The number of oxime groups is 1. The van der Waals surface area contributed by atoms with Crippen LogP contribution in [0.4, 0.5) is 0 Å². The van der Waals surface area contributed by atoms with Crippen LogP contribution in [0.15, 0.2) is 22.7 Å². The van der Waals surface area contributed by atoms with Gasteiger partial charge in [0.05, 0.1) is 6.42 Å². The maximum atomic E-state index is 11.4. The number of nitrogens with two attached hydrogens (primary N) is 1. The van der Waals surface area contributed by atoms with E-state index in [1.807, 2.05) is 17.5 Å². The third kappa shape index (κ3) is 4.79. The molecule has 1 rings (SSSR count). The molecule has 0 bridgehead atoms. The second-order valence-electron chi connectivity index (χ2n) is 3.30. The van der Waals surface area contributed by atoms with Crippen molar-refractivity contribution in [2.75, 3.05) is 6.54 Å². The predicted octanol–water partition coefficient (Wildman–Crippen LogP) is 0.933. The molecule has 0 fully saturated rings. The zero-order valence-electron chi connectivity index (χ0n) is 8.85. The molecule has 0 aliphatic carbocycles. The summed E-state index contributed by atoms with van der Waals surface area (Å²) in [5.41, 5.74) is 5.29. The second-order valence-corrected chi connectivity index (χ2v) is 4.33. The first-order valence-electron chi connectivity index (χ1n) is 4.98. The van der Waals surface area contributed by atoms with Crippen molar-refractivity contribution in [2.24, 2.45) is 10.9 Å². The lowest BCUT2D eigenvalue weighted by atomic mass is 10.3. The molecule has 1 heterocycles. The summed E-state index contributed by atoms with van der Waals surface area (Å²) in [6, 6.07) is 3.85. The third-order valence-electron chi connectivity index (χ3n) is 1.98. The summed E-state index contributed by atoms with van der Waals surface area (Å²) < 4.78 is 0. The highest BCUT2D eigenvalue weighted by molar-refractivity contribution is 7.10. The Morgan fingerprint density at radius 2 is 2.44 bits per heavy atom. The number of amides is 1. The highest BCUT2D eigenvalue weighted by atomic mass is 32.1. The van der Waals surface area contributed by atoms with E-state index in [2.05, 4.69) is 10.5 Å². The van der Waals surface area contributed by atoms with Gasteiger partial charge in [-0.1, -0.05) is 11.2 Å². The Balaban J connectivity index is 2.11. The van der Waals surface area contributed by atoms with Crippen LogP contribution in [0.5, 0.6) is 0 Å². The van der Waals surface area contributed by atoms with Crippen LogP contribution < -0.4 is 11.1 Å². The van der Waals surface area contributed by atoms with E-state index in [1.54, 1.807) is 11.3 Å². The van der Waals surface area contributed by atoms with Crippen molar-refractivity contribution < 1.29 is 10.0 Å². The normalized spacial score (nSPS) is 11.4. The van der Waals surface area contributed by atoms with E-state index in [1.165, 1.54) is 0 Å². The van der Waals surface area contributed by atoms with Gasteiger partial charge in [0.2, 0.25) is 5.91 Å². The maximum Gasteiger partial charge on any atom is 0.225 e. The van der Waals surface area contributed by atoms with Gasteiger partial charge in [-0.3, -0.25) is 4.79 Å². The Morgan fingerprint density at radius 3 is 3.06 bits per heavy atom. The molecule has 0 aliphatic rings. The molecule has 1 aromatic rings. The van der Waals surface area contributed by atoms with Crippen molar-refractivity contribution in [3.8, 4) is 0 Å². The van der Waals surface area contributed by atoms with Gasteiger partial charge < -0.3 is 16.3 Å². The molecule has 1 amide bonds. The molecule has 0 spiro atoms. The zero-order chi connectivity index (χ0) is 11.8. The standard InChI is InChI=1S/C10H15N3O2S/c11-9(13-15)4-1-5-12-10(14)7-8-3-2-6-16-8/h2-3,6,15H,1,4-5,7H2,(H2,11,13)(H,12,14). The Labute approximate surface area is 98.0 Å². The molecule has 0 radical (unpaired) electrons. The fourth-order valence-electron chi connectivity index (χ4n) is 1.18. The zero-order valence-corrected chi connectivity index (χ0v) is 9.67. The quantitative estimate of drug-likeness (QED) is 0.228. The van der Waals surface area contributed by atoms with Crippen molar-refractivity contribution in [1.29, 1.82) is 0 Å². The maximum absolute atomic E-state index is 11.4. The van der Waals surface area contributed by atoms with Gasteiger partial charge in [-0.05, 0) is 17.9 Å². The van der Waals surface area contributed by atoms with Crippen LogP contribution in [-0.4, -0.2) is 23.5 Å². The van der Waals surface area contributed by atoms with Crippen molar-refractivity contribution in [3.63, 3.8) is 0 Å². The highest BCUT2D eigenvalue weighted by Gasteiger charge is 2.03. The van der Waals surface area contributed by atoms with E-state index < -0.39 is 0 Å². The lowest BCUT2D eigenvalue weighted by molar-refractivity contribution is -0.120. The number of amidine groups is 1. The summed E-state index contributed by atoms with van der Waals surface area (Å²) in [7, 11) is 0. The molecule has 16 heavy (non-hydrogen) atoms. The van der Waals surface area contributed by atoms with Gasteiger partial charge in [-0.25, -0.2) is 0 Å². The van der Waals surface area contributed by atoms with Gasteiger partial charge >= 0.3 is 0 Å². The van der Waals surface area contributed by atoms with Gasteiger partial charge in [-0.2, -0.15) is 0 Å². The number of hydrogen-bond acceptors (Lipinski definition) is 4. The minimum absolute atomic E-state index is 0.00181. The highest BCUT2D eigenvalue weighted by Crippen LogP contribution is 2.08. The number of carbonyl (C=O) groups is 1. The van der Waals surface area contributed by atoms with Crippen LogP contribution in [0.2, 0.25) is 0 Å². The number of rotatable bonds is 6. The molecule has 0 saturated carbocycles. The van der Waals surface area contributed by atoms with E-state index in [-0.39, 0.29) is 11.7 Å². The Hall–Kier alpha value is -1.56. The summed E-state index contributed by atoms with van der Waals surface area (Å²) in [4.78, 5) is 12.5. The first-order chi connectivity index (χ1) is 7.72. The molecule has 5 nitrogen and oxygen atoms in total. The average molecular weight is 241 g/mol. The van der Waals surface area contributed by atoms with Crippen molar-refractivity contribution in [3.05, 3.63) is 22.4 Å². The van der Waals surface area contributed by atoms with Crippen molar-refractivity contribution in [2.45, 2.75) is 19.3 Å². The van der Waals surface area contributed by atoms with E-state index in [0.717, 1.165) is 4.88 Å². The summed E-state index contributed by atoms with van der Waals surface area (Å²) in [6.07, 6.45) is 1.57. The van der Waals surface area contributed by atoms with Crippen LogP contribution >= 0.6 is 11.3 Å². The van der Waals surface area contributed by atoms with E-state index in [0.29, 0.717) is 25.8 Å². The topological polar surface area (TPSA) is 87.7 Å². The molecule has 0 unspecified atom stereocenters. The monoisotopic (exact) mass is 241 g/mol. The summed E-state index contributed by atoms with van der Waals surface area (Å²) in [5, 5.41) is 15.9. The largest absolute Gasteiger partial charge is 0.409 e. The minimum atomic E-state index is 0.00181. The Kier molecular flexibility index (Phi) is 5.35. The van der Waals surface area contributed by atoms with Crippen molar-refractivity contribution in [1.82, 2.24) is 5.32 Å². The second kappa shape index (κ2) is 6.84. The summed E-state index contributed by atoms with van der Waals surface area (Å²) >= 11 is 1.57. The average Bonchev–Trinajstić information content (AvgIpc) is 2.76. The summed E-state index contributed by atoms with van der Waals surface area (Å²) in [6.45, 7) is 0.542. The van der Waals surface area contributed by atoms with E-state index in [9.17, 15) is 4.79 Å². The predicted molar refractivity (Wildman–Crippen MR) is 63.7 cm³/mol. The van der Waals surface area contributed by atoms with E-state index in [4.69, 9.17) is 10.9 Å². The molecule has 0 atom stereocenters. The number of carbonyl (C=O) groups excluding carboxylic acids is 1. The molecule has 1 aromatic heterocycles. The minimum Gasteiger partial charge on any atom is -0.409 e. The fraction of sp³-hybridized carbons (Fsp3) is 0.400. The molecule has 0 saturated heterocycles. The van der Waals surface area contributed by atoms with E-state index >= 15 is 0 Å². The van der Waals surface area contributed by atoms with Gasteiger partial charge in [0.1, 0.15) is 5.84 Å². The lowest BCUT2D eigenvalue weighted by Crippen LogP contribution is -2.26. The molecule has 6 heteroatoms. The van der Waals surface area contributed by atoms with Crippen LogP contribution in [0.25, 0.3) is 0 Å². The van der Waals surface area contributed by atoms with Crippen LogP contribution in [0, 0.1) is 0 Å².